The Morgan fingerprint density at radius 1 is 1.32 bits per heavy atom. The van der Waals surface area contributed by atoms with E-state index in [0.717, 1.165) is 46.2 Å². The molecule has 0 atom stereocenters. The van der Waals surface area contributed by atoms with Crippen molar-refractivity contribution in [3.8, 4) is 0 Å². The molecule has 0 spiro atoms. The first-order chi connectivity index (χ1) is 9.15. The molecule has 0 radical (unpaired) electrons. The number of hydrogen-bond acceptors (Lipinski definition) is 5. The molecule has 1 aliphatic rings. The highest BCUT2D eigenvalue weighted by molar-refractivity contribution is 9.10. The van der Waals surface area contributed by atoms with Gasteiger partial charge >= 0.3 is 0 Å². The minimum atomic E-state index is 0.374. The van der Waals surface area contributed by atoms with Crippen molar-refractivity contribution in [3.05, 3.63) is 15.7 Å². The first-order valence-corrected chi connectivity index (χ1v) is 8.18. The average Bonchev–Trinajstić information content (AvgIpc) is 2.69. The highest BCUT2D eigenvalue weighted by atomic mass is 79.9. The Kier molecular flexibility index (Phi) is 3.73. The normalized spacial score (nSPS) is 23.7. The molecule has 0 aromatic carbocycles. The molecule has 3 N–H and O–H groups in total. The lowest BCUT2D eigenvalue weighted by molar-refractivity contribution is 0.410. The molecule has 0 amide bonds. The van der Waals surface area contributed by atoms with Crippen molar-refractivity contribution < 1.29 is 0 Å². The van der Waals surface area contributed by atoms with Crippen LogP contribution in [0.5, 0.6) is 0 Å². The molecular weight excluding hydrogens is 324 g/mol. The van der Waals surface area contributed by atoms with Crippen molar-refractivity contribution in [3.63, 3.8) is 0 Å². The zero-order chi connectivity index (χ0) is 13.4. The lowest BCUT2D eigenvalue weighted by Gasteiger charge is -2.27. The van der Waals surface area contributed by atoms with Crippen LogP contribution in [-0.4, -0.2) is 22.1 Å². The predicted molar refractivity (Wildman–Crippen MR) is 83.7 cm³/mol. The Balaban J connectivity index is 1.88. The van der Waals surface area contributed by atoms with Gasteiger partial charge in [0.05, 0.1) is 5.39 Å². The molecule has 1 aliphatic carbocycles. The quantitative estimate of drug-likeness (QED) is 0.878. The summed E-state index contributed by atoms with van der Waals surface area (Å²) in [6.07, 6.45) is 6.06. The van der Waals surface area contributed by atoms with Gasteiger partial charge in [-0.3, -0.25) is 0 Å². The molecule has 2 aromatic heterocycles. The molecule has 0 saturated heterocycles. The Hall–Kier alpha value is -0.720. The third kappa shape index (κ3) is 2.61. The summed E-state index contributed by atoms with van der Waals surface area (Å²) < 4.78 is 1.11. The average molecular weight is 341 g/mol. The van der Waals surface area contributed by atoms with Crippen LogP contribution in [0.3, 0.4) is 0 Å². The molecule has 1 saturated carbocycles. The molecule has 3 rings (SSSR count). The summed E-state index contributed by atoms with van der Waals surface area (Å²) in [5.74, 6) is 0.946. The van der Waals surface area contributed by atoms with Gasteiger partial charge in [0, 0.05) is 21.4 Å². The number of halogens is 1. The second kappa shape index (κ2) is 5.34. The molecule has 0 unspecified atom stereocenters. The van der Waals surface area contributed by atoms with Crippen LogP contribution in [0.2, 0.25) is 0 Å². The third-order valence-electron chi connectivity index (χ3n) is 3.70. The van der Waals surface area contributed by atoms with E-state index in [9.17, 15) is 0 Å². The fraction of sp³-hybridized carbons (Fsp3) is 0.538. The first-order valence-electron chi connectivity index (χ1n) is 6.57. The summed E-state index contributed by atoms with van der Waals surface area (Å²) in [6, 6.07) is 0.851. The second-order valence-electron chi connectivity index (χ2n) is 5.13. The van der Waals surface area contributed by atoms with E-state index in [1.165, 1.54) is 4.88 Å². The molecule has 6 heteroatoms. The SMILES string of the molecule is Cc1sc2ncnc(N[C@H]3CC[C@H](N)CC3)c2c1Br. The van der Waals surface area contributed by atoms with Gasteiger partial charge in [0.25, 0.3) is 0 Å². The van der Waals surface area contributed by atoms with E-state index < -0.39 is 0 Å². The summed E-state index contributed by atoms with van der Waals surface area (Å²) in [4.78, 5) is 11.0. The minimum absolute atomic E-state index is 0.374. The number of anilines is 1. The van der Waals surface area contributed by atoms with Gasteiger partial charge in [-0.15, -0.1) is 11.3 Å². The maximum Gasteiger partial charge on any atom is 0.139 e. The van der Waals surface area contributed by atoms with Gasteiger partial charge in [-0.25, -0.2) is 9.97 Å². The van der Waals surface area contributed by atoms with Gasteiger partial charge in [0.2, 0.25) is 0 Å². The third-order valence-corrected chi connectivity index (χ3v) is 5.97. The number of fused-ring (bicyclic) bond motifs is 1. The lowest BCUT2D eigenvalue weighted by atomic mass is 9.92. The van der Waals surface area contributed by atoms with Crippen LogP contribution in [0.1, 0.15) is 30.6 Å². The van der Waals surface area contributed by atoms with Gasteiger partial charge in [0.15, 0.2) is 0 Å². The molecule has 0 aliphatic heterocycles. The topological polar surface area (TPSA) is 63.8 Å². The number of thiophene rings is 1. The van der Waals surface area contributed by atoms with Crippen LogP contribution < -0.4 is 11.1 Å². The summed E-state index contributed by atoms with van der Waals surface area (Å²) >= 11 is 5.34. The maximum absolute atomic E-state index is 5.95. The minimum Gasteiger partial charge on any atom is -0.367 e. The van der Waals surface area contributed by atoms with Crippen LogP contribution in [0.15, 0.2) is 10.8 Å². The van der Waals surface area contributed by atoms with Crippen LogP contribution in [0, 0.1) is 6.92 Å². The van der Waals surface area contributed by atoms with Gasteiger partial charge in [-0.05, 0) is 48.5 Å². The molecule has 2 heterocycles. The Morgan fingerprint density at radius 2 is 2.05 bits per heavy atom. The molecule has 4 nitrogen and oxygen atoms in total. The van der Waals surface area contributed by atoms with Crippen LogP contribution in [-0.2, 0) is 0 Å². The van der Waals surface area contributed by atoms with Crippen molar-refractivity contribution >= 4 is 43.3 Å². The smallest absolute Gasteiger partial charge is 0.139 e. The zero-order valence-electron chi connectivity index (χ0n) is 10.8. The van der Waals surface area contributed by atoms with Gasteiger partial charge in [-0.1, -0.05) is 0 Å². The van der Waals surface area contributed by atoms with E-state index in [-0.39, 0.29) is 0 Å². The number of aromatic nitrogens is 2. The summed E-state index contributed by atoms with van der Waals surface area (Å²) in [6.45, 7) is 2.10. The van der Waals surface area contributed by atoms with Gasteiger partial charge < -0.3 is 11.1 Å². The van der Waals surface area contributed by atoms with E-state index in [2.05, 4.69) is 38.1 Å². The molecule has 1 fully saturated rings. The molecular formula is C13H17BrN4S. The maximum atomic E-state index is 5.95. The molecule has 19 heavy (non-hydrogen) atoms. The van der Waals surface area contributed by atoms with E-state index >= 15 is 0 Å². The second-order valence-corrected chi connectivity index (χ2v) is 7.13. The Morgan fingerprint density at radius 3 is 2.79 bits per heavy atom. The largest absolute Gasteiger partial charge is 0.367 e. The van der Waals surface area contributed by atoms with Crippen LogP contribution in [0.25, 0.3) is 10.2 Å². The first kappa shape index (κ1) is 13.3. The highest BCUT2D eigenvalue weighted by Gasteiger charge is 2.20. The summed E-state index contributed by atoms with van der Waals surface area (Å²) in [5, 5.41) is 4.68. The number of aryl methyl sites for hydroxylation is 1. The van der Waals surface area contributed by atoms with Crippen molar-refractivity contribution in [1.82, 2.24) is 9.97 Å². The fourth-order valence-electron chi connectivity index (χ4n) is 2.58. The molecule has 102 valence electrons. The van der Waals surface area contributed by atoms with Crippen LogP contribution in [0.4, 0.5) is 5.82 Å². The monoisotopic (exact) mass is 340 g/mol. The summed E-state index contributed by atoms with van der Waals surface area (Å²) in [7, 11) is 0. The summed E-state index contributed by atoms with van der Waals surface area (Å²) in [5.41, 5.74) is 5.95. The zero-order valence-corrected chi connectivity index (χ0v) is 13.2. The van der Waals surface area contributed by atoms with Crippen molar-refractivity contribution in [2.24, 2.45) is 5.73 Å². The van der Waals surface area contributed by atoms with E-state index in [1.807, 2.05) is 0 Å². The molecule has 2 aromatic rings. The van der Waals surface area contributed by atoms with Crippen molar-refractivity contribution in [2.75, 3.05) is 5.32 Å². The van der Waals surface area contributed by atoms with Crippen molar-refractivity contribution in [2.45, 2.75) is 44.7 Å². The number of hydrogen-bond donors (Lipinski definition) is 2. The lowest BCUT2D eigenvalue weighted by Crippen LogP contribution is -2.33. The highest BCUT2D eigenvalue weighted by Crippen LogP contribution is 2.37. The Bertz CT molecular complexity index is 590. The number of nitrogens with zero attached hydrogens (tertiary/aromatic N) is 2. The van der Waals surface area contributed by atoms with E-state index in [0.29, 0.717) is 12.1 Å². The number of rotatable bonds is 2. The fourth-order valence-corrected chi connectivity index (χ4v) is 4.21. The van der Waals surface area contributed by atoms with Crippen LogP contribution >= 0.6 is 27.3 Å². The predicted octanol–water partition coefficient (Wildman–Crippen LogP) is 3.44. The Labute approximate surface area is 124 Å². The molecule has 0 bridgehead atoms. The van der Waals surface area contributed by atoms with E-state index in [1.54, 1.807) is 17.7 Å². The van der Waals surface area contributed by atoms with E-state index in [4.69, 9.17) is 5.73 Å². The van der Waals surface area contributed by atoms with Gasteiger partial charge in [0.1, 0.15) is 17.0 Å². The van der Waals surface area contributed by atoms with Crippen molar-refractivity contribution in [1.29, 1.82) is 0 Å². The standard InChI is InChI=1S/C13H17BrN4S/c1-7-11(14)10-12(16-6-17-13(10)19-7)18-9-4-2-8(15)3-5-9/h6,8-9H,2-5,15H2,1H3,(H,16,17,18)/t8-,9-. The van der Waals surface area contributed by atoms with Gasteiger partial charge in [-0.2, -0.15) is 0 Å². The number of nitrogens with two attached hydrogens (primary N) is 1. The number of nitrogens with one attached hydrogen (secondary N) is 1.